The molecule has 0 unspecified atom stereocenters. The smallest absolute Gasteiger partial charge is 0.0479 e. The van der Waals surface area contributed by atoms with Gasteiger partial charge in [-0.3, -0.25) is 4.98 Å². The van der Waals surface area contributed by atoms with Crippen molar-refractivity contribution in [3.8, 4) is 0 Å². The lowest BCUT2D eigenvalue weighted by Gasteiger charge is -2.07. The van der Waals surface area contributed by atoms with Gasteiger partial charge in [-0.05, 0) is 47.6 Å². The molecular weight excluding hydrogens is 206 g/mol. The minimum Gasteiger partial charge on any atom is -0.261 e. The number of nitrogens with zero attached hydrogens (tertiary/aromatic N) is 1. The van der Waals surface area contributed by atoms with Crippen molar-refractivity contribution in [3.05, 3.63) is 64.5 Å². The van der Waals surface area contributed by atoms with E-state index in [2.05, 4.69) is 36.2 Å². The van der Waals surface area contributed by atoms with E-state index in [0.29, 0.717) is 0 Å². The first-order valence-corrected chi connectivity index (χ1v) is 6.40. The first-order valence-electron chi connectivity index (χ1n) is 6.40. The van der Waals surface area contributed by atoms with Gasteiger partial charge >= 0.3 is 0 Å². The highest BCUT2D eigenvalue weighted by atomic mass is 14.7. The molecule has 0 saturated heterocycles. The third-order valence-electron chi connectivity index (χ3n) is 3.69. The largest absolute Gasteiger partial charge is 0.261 e. The number of aryl methyl sites for hydroxylation is 3. The predicted molar refractivity (Wildman–Crippen MR) is 70.3 cm³/mol. The molecule has 0 fully saturated rings. The van der Waals surface area contributed by atoms with Crippen molar-refractivity contribution in [2.75, 3.05) is 0 Å². The summed E-state index contributed by atoms with van der Waals surface area (Å²) < 4.78 is 0. The number of rotatable bonds is 1. The molecule has 2 aromatic rings. The van der Waals surface area contributed by atoms with Crippen LogP contribution in [0.1, 0.15) is 34.9 Å². The molecule has 0 aliphatic heterocycles. The number of hydrogen-bond donors (Lipinski definition) is 0. The van der Waals surface area contributed by atoms with Crippen molar-refractivity contribution in [1.29, 1.82) is 0 Å². The molecule has 0 N–H and O–H groups in total. The first-order chi connectivity index (χ1) is 8.36. The molecule has 17 heavy (non-hydrogen) atoms. The van der Waals surface area contributed by atoms with Crippen LogP contribution in [0.4, 0.5) is 0 Å². The zero-order chi connectivity index (χ0) is 11.7. The van der Waals surface area contributed by atoms with Crippen LogP contribution in [-0.2, 0) is 25.7 Å². The molecule has 1 aromatic carbocycles. The molecule has 0 amide bonds. The van der Waals surface area contributed by atoms with Crippen molar-refractivity contribution in [2.45, 2.75) is 32.6 Å². The van der Waals surface area contributed by atoms with Gasteiger partial charge < -0.3 is 0 Å². The van der Waals surface area contributed by atoms with E-state index < -0.39 is 0 Å². The quantitative estimate of drug-likeness (QED) is 0.722. The Hall–Kier alpha value is -1.63. The van der Waals surface area contributed by atoms with Gasteiger partial charge in [0, 0.05) is 18.3 Å². The number of aromatic nitrogens is 1. The van der Waals surface area contributed by atoms with E-state index in [1.54, 1.807) is 0 Å². The maximum Gasteiger partial charge on any atom is 0.0479 e. The van der Waals surface area contributed by atoms with E-state index in [4.69, 9.17) is 0 Å². The summed E-state index contributed by atoms with van der Waals surface area (Å²) >= 11 is 0. The van der Waals surface area contributed by atoms with Crippen LogP contribution >= 0.6 is 0 Å². The van der Waals surface area contributed by atoms with E-state index >= 15 is 0 Å². The van der Waals surface area contributed by atoms with Crippen molar-refractivity contribution >= 4 is 0 Å². The third kappa shape index (κ3) is 1.97. The minimum atomic E-state index is 0.996. The Kier molecular flexibility index (Phi) is 2.68. The molecule has 86 valence electrons. The van der Waals surface area contributed by atoms with Gasteiger partial charge in [0.05, 0.1) is 0 Å². The molecular formula is C16H17N. The molecule has 0 saturated carbocycles. The second-order valence-corrected chi connectivity index (χ2v) is 4.74. The number of pyridine rings is 1. The van der Waals surface area contributed by atoms with Crippen molar-refractivity contribution in [1.82, 2.24) is 4.98 Å². The Labute approximate surface area is 103 Å². The summed E-state index contributed by atoms with van der Waals surface area (Å²) in [6.45, 7) is 2.22. The fourth-order valence-electron chi connectivity index (χ4n) is 2.61. The monoisotopic (exact) mass is 223 g/mol. The average molecular weight is 223 g/mol. The van der Waals surface area contributed by atoms with E-state index in [1.807, 2.05) is 12.3 Å². The van der Waals surface area contributed by atoms with Gasteiger partial charge in [-0.1, -0.05) is 31.2 Å². The fourth-order valence-corrected chi connectivity index (χ4v) is 2.61. The molecule has 0 radical (unpaired) electrons. The van der Waals surface area contributed by atoms with Gasteiger partial charge in [0.25, 0.3) is 0 Å². The molecule has 1 aromatic heterocycles. The molecule has 1 nitrogen and oxygen atoms in total. The average Bonchev–Trinajstić information content (AvgIpc) is 2.57. The summed E-state index contributed by atoms with van der Waals surface area (Å²) in [5.74, 6) is 0. The first kappa shape index (κ1) is 10.5. The Morgan fingerprint density at radius 3 is 2.82 bits per heavy atom. The summed E-state index contributed by atoms with van der Waals surface area (Å²) in [5, 5.41) is 0. The molecule has 0 bridgehead atoms. The Morgan fingerprint density at radius 1 is 1.06 bits per heavy atom. The maximum absolute atomic E-state index is 4.52. The minimum absolute atomic E-state index is 0.996. The maximum atomic E-state index is 4.52. The zero-order valence-electron chi connectivity index (χ0n) is 10.2. The van der Waals surface area contributed by atoms with Crippen LogP contribution in [0, 0.1) is 0 Å². The predicted octanol–water partition coefficient (Wildman–Crippen LogP) is 3.33. The molecule has 0 atom stereocenters. The van der Waals surface area contributed by atoms with E-state index in [9.17, 15) is 0 Å². The van der Waals surface area contributed by atoms with Gasteiger partial charge in [-0.15, -0.1) is 0 Å². The van der Waals surface area contributed by atoms with Crippen LogP contribution in [0.25, 0.3) is 0 Å². The zero-order valence-corrected chi connectivity index (χ0v) is 10.2. The van der Waals surface area contributed by atoms with Crippen molar-refractivity contribution in [2.24, 2.45) is 0 Å². The van der Waals surface area contributed by atoms with Crippen LogP contribution in [0.15, 0.2) is 36.5 Å². The van der Waals surface area contributed by atoms with E-state index in [1.165, 1.54) is 27.9 Å². The summed E-state index contributed by atoms with van der Waals surface area (Å²) in [7, 11) is 0. The number of fused-ring (bicyclic) bond motifs is 2. The van der Waals surface area contributed by atoms with E-state index in [-0.39, 0.29) is 0 Å². The van der Waals surface area contributed by atoms with Crippen LogP contribution in [0.3, 0.4) is 0 Å². The van der Waals surface area contributed by atoms with Gasteiger partial charge in [0.15, 0.2) is 0 Å². The molecule has 1 aliphatic carbocycles. The lowest BCUT2D eigenvalue weighted by molar-refractivity contribution is 0.948. The third-order valence-corrected chi connectivity index (χ3v) is 3.69. The SMILES string of the molecule is CCc1ccc2c(c1)CCc1cccnc1C2. The van der Waals surface area contributed by atoms with E-state index in [0.717, 1.165) is 25.7 Å². The van der Waals surface area contributed by atoms with Crippen LogP contribution in [0.2, 0.25) is 0 Å². The van der Waals surface area contributed by atoms with Gasteiger partial charge in [0.2, 0.25) is 0 Å². The Balaban J connectivity index is 2.03. The summed E-state index contributed by atoms with van der Waals surface area (Å²) in [5.41, 5.74) is 7.10. The Bertz CT molecular complexity index is 543. The molecule has 1 aliphatic rings. The van der Waals surface area contributed by atoms with Gasteiger partial charge in [0.1, 0.15) is 0 Å². The van der Waals surface area contributed by atoms with Crippen LogP contribution in [0.5, 0.6) is 0 Å². The van der Waals surface area contributed by atoms with Gasteiger partial charge in [-0.25, -0.2) is 0 Å². The fraction of sp³-hybridized carbons (Fsp3) is 0.312. The molecule has 0 spiro atoms. The van der Waals surface area contributed by atoms with Crippen molar-refractivity contribution in [3.63, 3.8) is 0 Å². The Morgan fingerprint density at radius 2 is 1.94 bits per heavy atom. The second kappa shape index (κ2) is 4.33. The highest BCUT2D eigenvalue weighted by molar-refractivity contribution is 5.39. The summed E-state index contributed by atoms with van der Waals surface area (Å²) in [6.07, 6.45) is 6.31. The van der Waals surface area contributed by atoms with Crippen LogP contribution in [-0.4, -0.2) is 4.98 Å². The molecule has 1 heteroatoms. The van der Waals surface area contributed by atoms with Crippen LogP contribution < -0.4 is 0 Å². The summed E-state index contributed by atoms with van der Waals surface area (Å²) in [6, 6.07) is 11.2. The lowest BCUT2D eigenvalue weighted by atomic mass is 9.99. The molecule has 3 rings (SSSR count). The number of hydrogen-bond acceptors (Lipinski definition) is 1. The lowest BCUT2D eigenvalue weighted by Crippen LogP contribution is -1.95. The standard InChI is InChI=1S/C16H17N/c1-2-12-5-6-15-11-16-13(4-3-9-17-16)7-8-14(15)10-12/h3-6,9-10H,2,7-8,11H2,1H3. The highest BCUT2D eigenvalue weighted by Gasteiger charge is 2.13. The number of benzene rings is 1. The van der Waals surface area contributed by atoms with Gasteiger partial charge in [-0.2, -0.15) is 0 Å². The topological polar surface area (TPSA) is 12.9 Å². The summed E-state index contributed by atoms with van der Waals surface area (Å²) in [4.78, 5) is 4.52. The normalized spacial score (nSPS) is 13.7. The molecule has 1 heterocycles. The highest BCUT2D eigenvalue weighted by Crippen LogP contribution is 2.23. The second-order valence-electron chi connectivity index (χ2n) is 4.74. The van der Waals surface area contributed by atoms with Crippen molar-refractivity contribution < 1.29 is 0 Å².